The maximum absolute atomic E-state index is 11.2. The minimum absolute atomic E-state index is 0.0756. The summed E-state index contributed by atoms with van der Waals surface area (Å²) in [5.41, 5.74) is 1.76. The average Bonchev–Trinajstić information content (AvgIpc) is 2.34. The van der Waals surface area contributed by atoms with Crippen LogP contribution in [0.3, 0.4) is 0 Å². The van der Waals surface area contributed by atoms with Crippen LogP contribution in [-0.4, -0.2) is 19.1 Å². The first-order valence-corrected chi connectivity index (χ1v) is 6.07. The average molecular weight is 267 g/mol. The Balaban J connectivity index is 2.12. The van der Waals surface area contributed by atoms with Crippen molar-refractivity contribution in [3.05, 3.63) is 35.4 Å². The van der Waals surface area contributed by atoms with Gasteiger partial charge in [-0.2, -0.15) is 0 Å². The van der Waals surface area contributed by atoms with Crippen LogP contribution in [0.5, 0.6) is 5.75 Å². The molecule has 0 bridgehead atoms. The largest absolute Gasteiger partial charge is 0.482 e. The summed E-state index contributed by atoms with van der Waals surface area (Å²) in [4.78, 5) is 11.2. The molecule has 1 amide bonds. The summed E-state index contributed by atoms with van der Waals surface area (Å²) < 4.78 is 5.30. The topological polar surface area (TPSA) is 50.4 Å². The number of carbonyl (C=O) groups excluding carboxylic acids is 1. The van der Waals surface area contributed by atoms with Gasteiger partial charge in [-0.05, 0) is 24.6 Å². The van der Waals surface area contributed by atoms with Gasteiger partial charge in [-0.3, -0.25) is 4.79 Å². The summed E-state index contributed by atoms with van der Waals surface area (Å²) in [5, 5.41) is 6.58. The molecule has 5 heteroatoms. The summed E-state index contributed by atoms with van der Waals surface area (Å²) in [6, 6.07) is 5.84. The molecule has 0 aliphatic carbocycles. The fourth-order valence-corrected chi connectivity index (χ4v) is 1.83. The Morgan fingerprint density at radius 3 is 3.17 bits per heavy atom. The molecule has 0 radical (unpaired) electrons. The van der Waals surface area contributed by atoms with Crippen LogP contribution in [-0.2, 0) is 4.79 Å². The molecule has 1 aromatic carbocycles. The fourth-order valence-electron chi connectivity index (χ4n) is 1.75. The molecule has 1 unspecified atom stereocenters. The van der Waals surface area contributed by atoms with Crippen LogP contribution in [0.1, 0.15) is 18.5 Å². The van der Waals surface area contributed by atoms with E-state index in [1.54, 1.807) is 0 Å². The molecule has 4 nitrogen and oxygen atoms in total. The van der Waals surface area contributed by atoms with E-state index < -0.39 is 0 Å². The molecule has 96 valence electrons. The van der Waals surface area contributed by atoms with Crippen molar-refractivity contribution in [3.8, 4) is 5.75 Å². The molecule has 1 aliphatic heterocycles. The van der Waals surface area contributed by atoms with Crippen LogP contribution in [0, 0.1) is 0 Å². The zero-order chi connectivity index (χ0) is 13.1. The highest BCUT2D eigenvalue weighted by molar-refractivity contribution is 6.29. The Bertz CT molecular complexity index is 488. The van der Waals surface area contributed by atoms with E-state index in [1.807, 2.05) is 25.1 Å². The van der Waals surface area contributed by atoms with Gasteiger partial charge in [0.25, 0.3) is 5.91 Å². The van der Waals surface area contributed by atoms with Crippen LogP contribution in [0.15, 0.2) is 29.8 Å². The molecule has 0 spiro atoms. The summed E-state index contributed by atoms with van der Waals surface area (Å²) >= 11 is 5.71. The first-order valence-electron chi connectivity index (χ1n) is 5.69. The Hall–Kier alpha value is -1.52. The number of nitrogens with one attached hydrogen (secondary N) is 2. The summed E-state index contributed by atoms with van der Waals surface area (Å²) in [5.74, 6) is 0.571. The SMILES string of the molecule is C=C(Cl)CNC(C)c1ccc2c(c1)NC(=O)CO2. The van der Waals surface area contributed by atoms with Crippen LogP contribution in [0.2, 0.25) is 0 Å². The molecule has 0 fully saturated rings. The highest BCUT2D eigenvalue weighted by Gasteiger charge is 2.17. The van der Waals surface area contributed by atoms with E-state index in [-0.39, 0.29) is 18.6 Å². The van der Waals surface area contributed by atoms with E-state index >= 15 is 0 Å². The summed E-state index contributed by atoms with van der Waals surface area (Å²) in [6.07, 6.45) is 0. The number of benzene rings is 1. The normalized spacial score (nSPS) is 15.3. The van der Waals surface area contributed by atoms with E-state index in [4.69, 9.17) is 16.3 Å². The number of ether oxygens (including phenoxy) is 1. The second-order valence-corrected chi connectivity index (χ2v) is 4.75. The molecule has 0 saturated heterocycles. The summed E-state index contributed by atoms with van der Waals surface area (Å²) in [6.45, 7) is 6.27. The predicted octanol–water partition coefficient (Wildman–Crippen LogP) is 2.42. The lowest BCUT2D eigenvalue weighted by molar-refractivity contribution is -0.118. The maximum Gasteiger partial charge on any atom is 0.262 e. The van der Waals surface area contributed by atoms with Crippen LogP contribution >= 0.6 is 11.6 Å². The van der Waals surface area contributed by atoms with Gasteiger partial charge in [0.2, 0.25) is 0 Å². The van der Waals surface area contributed by atoms with Gasteiger partial charge in [0.1, 0.15) is 5.75 Å². The molecule has 1 aromatic rings. The summed E-state index contributed by atoms with van der Waals surface area (Å²) in [7, 11) is 0. The number of rotatable bonds is 4. The van der Waals surface area contributed by atoms with Crippen molar-refractivity contribution >= 4 is 23.2 Å². The monoisotopic (exact) mass is 266 g/mol. The third-order valence-electron chi connectivity index (χ3n) is 2.74. The smallest absolute Gasteiger partial charge is 0.262 e. The number of halogens is 1. The van der Waals surface area contributed by atoms with Crippen molar-refractivity contribution in [2.45, 2.75) is 13.0 Å². The first-order chi connectivity index (χ1) is 8.56. The lowest BCUT2D eigenvalue weighted by atomic mass is 10.1. The molecule has 2 N–H and O–H groups in total. The molecule has 0 saturated carbocycles. The molecule has 2 rings (SSSR count). The lowest BCUT2D eigenvalue weighted by Gasteiger charge is -2.20. The molecular weight excluding hydrogens is 252 g/mol. The highest BCUT2D eigenvalue weighted by atomic mass is 35.5. The van der Waals surface area contributed by atoms with Crippen molar-refractivity contribution < 1.29 is 9.53 Å². The molecule has 18 heavy (non-hydrogen) atoms. The number of fused-ring (bicyclic) bond motifs is 1. The van der Waals surface area contributed by atoms with E-state index in [0.717, 1.165) is 5.56 Å². The second-order valence-electron chi connectivity index (χ2n) is 4.21. The minimum atomic E-state index is -0.130. The van der Waals surface area contributed by atoms with Gasteiger partial charge in [0.05, 0.1) is 5.69 Å². The molecular formula is C13H15ClN2O2. The Labute approximate surface area is 111 Å². The number of amides is 1. The van der Waals surface area contributed by atoms with Crippen molar-refractivity contribution in [2.24, 2.45) is 0 Å². The van der Waals surface area contributed by atoms with Crippen LogP contribution in [0.4, 0.5) is 5.69 Å². The van der Waals surface area contributed by atoms with E-state index in [9.17, 15) is 4.79 Å². The van der Waals surface area contributed by atoms with Gasteiger partial charge >= 0.3 is 0 Å². The molecule has 0 aromatic heterocycles. The van der Waals surface area contributed by atoms with Gasteiger partial charge in [-0.1, -0.05) is 24.2 Å². The third-order valence-corrected chi connectivity index (χ3v) is 2.87. The number of hydrogen-bond acceptors (Lipinski definition) is 3. The van der Waals surface area contributed by atoms with Crippen molar-refractivity contribution in [3.63, 3.8) is 0 Å². The third kappa shape index (κ3) is 3.03. The van der Waals surface area contributed by atoms with Crippen molar-refractivity contribution in [1.82, 2.24) is 5.32 Å². The zero-order valence-electron chi connectivity index (χ0n) is 10.1. The van der Waals surface area contributed by atoms with Crippen LogP contribution in [0.25, 0.3) is 0 Å². The highest BCUT2D eigenvalue weighted by Crippen LogP contribution is 2.30. The van der Waals surface area contributed by atoms with Gasteiger partial charge in [-0.25, -0.2) is 0 Å². The Kier molecular flexibility index (Phi) is 3.89. The fraction of sp³-hybridized carbons (Fsp3) is 0.308. The quantitative estimate of drug-likeness (QED) is 0.880. The van der Waals surface area contributed by atoms with Gasteiger partial charge in [-0.15, -0.1) is 0 Å². The first kappa shape index (κ1) is 12.9. The lowest BCUT2D eigenvalue weighted by Crippen LogP contribution is -2.26. The van der Waals surface area contributed by atoms with E-state index in [1.165, 1.54) is 0 Å². The van der Waals surface area contributed by atoms with E-state index in [2.05, 4.69) is 17.2 Å². The van der Waals surface area contributed by atoms with Crippen molar-refractivity contribution in [2.75, 3.05) is 18.5 Å². The Morgan fingerprint density at radius 1 is 1.67 bits per heavy atom. The van der Waals surface area contributed by atoms with Crippen molar-refractivity contribution in [1.29, 1.82) is 0 Å². The molecule has 1 atom stereocenters. The van der Waals surface area contributed by atoms with Crippen LogP contribution < -0.4 is 15.4 Å². The van der Waals surface area contributed by atoms with Gasteiger partial charge in [0, 0.05) is 17.6 Å². The minimum Gasteiger partial charge on any atom is -0.482 e. The standard InChI is InChI=1S/C13H15ClN2O2/c1-8(14)6-15-9(2)10-3-4-12-11(5-10)16-13(17)7-18-12/h3-5,9,15H,1,6-7H2,2H3,(H,16,17). The number of anilines is 1. The van der Waals surface area contributed by atoms with Gasteiger partial charge < -0.3 is 15.4 Å². The Morgan fingerprint density at radius 2 is 2.44 bits per heavy atom. The van der Waals surface area contributed by atoms with E-state index in [0.29, 0.717) is 23.0 Å². The molecule has 1 heterocycles. The zero-order valence-corrected chi connectivity index (χ0v) is 10.9. The van der Waals surface area contributed by atoms with Gasteiger partial charge in [0.15, 0.2) is 6.61 Å². The number of carbonyl (C=O) groups is 1. The molecule has 1 aliphatic rings. The maximum atomic E-state index is 11.2. The second kappa shape index (κ2) is 5.42. The number of hydrogen-bond donors (Lipinski definition) is 2. The predicted molar refractivity (Wildman–Crippen MR) is 72.0 cm³/mol.